The number of amides is 1. The van der Waals surface area contributed by atoms with Crippen molar-refractivity contribution in [2.24, 2.45) is 25.9 Å². The van der Waals surface area contributed by atoms with Gasteiger partial charge in [-0.15, -0.1) is 0 Å². The van der Waals surface area contributed by atoms with Crippen LogP contribution in [0.5, 0.6) is 0 Å². The fraction of sp³-hybridized carbons (Fsp3) is 0.435. The Labute approximate surface area is 204 Å². The molecule has 10 heteroatoms. The fourth-order valence-electron chi connectivity index (χ4n) is 5.67. The molecule has 0 aliphatic heterocycles. The molecule has 1 amide bonds. The number of benzene rings is 1. The summed E-state index contributed by atoms with van der Waals surface area (Å²) in [5.41, 5.74) is 1.63. The van der Waals surface area contributed by atoms with Crippen molar-refractivity contribution in [3.63, 3.8) is 0 Å². The summed E-state index contributed by atoms with van der Waals surface area (Å²) in [7, 11) is 3.63. The summed E-state index contributed by atoms with van der Waals surface area (Å²) in [6, 6.07) is 4.09. The van der Waals surface area contributed by atoms with E-state index in [1.165, 1.54) is 18.2 Å². The Bertz CT molecular complexity index is 1230. The van der Waals surface area contributed by atoms with Crippen molar-refractivity contribution in [1.82, 2.24) is 19.3 Å². The summed E-state index contributed by atoms with van der Waals surface area (Å²) >= 11 is 9.32. The molecule has 2 atom stereocenters. The van der Waals surface area contributed by atoms with Gasteiger partial charge in [-0.2, -0.15) is 5.10 Å². The largest absolute Gasteiger partial charge is 0.385 e. The normalized spacial score (nSPS) is 26.5. The van der Waals surface area contributed by atoms with Crippen molar-refractivity contribution in [2.75, 3.05) is 5.32 Å². The topological polar surface area (TPSA) is 85.0 Å². The quantitative estimate of drug-likeness (QED) is 0.504. The van der Waals surface area contributed by atoms with E-state index in [0.29, 0.717) is 40.7 Å². The summed E-state index contributed by atoms with van der Waals surface area (Å²) in [6.07, 6.45) is 6.60. The van der Waals surface area contributed by atoms with Crippen molar-refractivity contribution in [3.8, 4) is 0 Å². The molecule has 7 nitrogen and oxygen atoms in total. The molecule has 2 N–H and O–H groups in total. The molecule has 5 rings (SSSR count). The number of nitrogens with zero attached hydrogens (tertiary/aromatic N) is 4. The van der Waals surface area contributed by atoms with Gasteiger partial charge in [-0.1, -0.05) is 11.6 Å². The van der Waals surface area contributed by atoms with Crippen LogP contribution in [0.25, 0.3) is 0 Å². The van der Waals surface area contributed by atoms with E-state index in [1.54, 1.807) is 22.6 Å². The second-order valence-electron chi connectivity index (χ2n) is 9.31. The highest BCUT2D eigenvalue weighted by molar-refractivity contribution is 9.10. The molecule has 3 aromatic rings. The van der Waals surface area contributed by atoms with Crippen molar-refractivity contribution in [2.45, 2.75) is 37.2 Å². The third kappa shape index (κ3) is 4.00. The van der Waals surface area contributed by atoms with Gasteiger partial charge >= 0.3 is 0 Å². The lowest BCUT2D eigenvalue weighted by molar-refractivity contribution is 0.0337. The average molecular weight is 537 g/mol. The first kappa shape index (κ1) is 22.6. The molecule has 2 unspecified atom stereocenters. The van der Waals surface area contributed by atoms with E-state index in [2.05, 4.69) is 31.3 Å². The lowest BCUT2D eigenvalue weighted by Crippen LogP contribution is -2.23. The number of rotatable bonds is 4. The van der Waals surface area contributed by atoms with E-state index < -0.39 is 11.4 Å². The molecule has 174 valence electrons. The minimum atomic E-state index is -0.889. The number of aryl methyl sites for hydroxylation is 2. The molecule has 0 spiro atoms. The van der Waals surface area contributed by atoms with Gasteiger partial charge in [0.25, 0.3) is 5.91 Å². The second-order valence-corrected chi connectivity index (χ2v) is 10.5. The number of hydrogen-bond acceptors (Lipinski definition) is 4. The first-order valence-corrected chi connectivity index (χ1v) is 12.0. The number of aromatic nitrogens is 4. The van der Waals surface area contributed by atoms with Crippen LogP contribution in [-0.4, -0.2) is 30.3 Å². The van der Waals surface area contributed by atoms with Crippen LogP contribution in [0.3, 0.4) is 0 Å². The van der Waals surface area contributed by atoms with Gasteiger partial charge in [0.1, 0.15) is 16.1 Å². The molecule has 2 aliphatic rings. The van der Waals surface area contributed by atoms with Gasteiger partial charge in [0.05, 0.1) is 22.6 Å². The Hall–Kier alpha value is -2.23. The summed E-state index contributed by atoms with van der Waals surface area (Å²) in [4.78, 5) is 17.6. The Morgan fingerprint density at radius 2 is 2.00 bits per heavy atom. The Kier molecular flexibility index (Phi) is 5.61. The maximum atomic E-state index is 13.5. The van der Waals surface area contributed by atoms with Gasteiger partial charge in [-0.05, 0) is 71.6 Å². The number of hydrogen-bond donors (Lipinski definition) is 2. The molecule has 1 aromatic carbocycles. The van der Waals surface area contributed by atoms with E-state index in [9.17, 15) is 14.3 Å². The summed E-state index contributed by atoms with van der Waals surface area (Å²) < 4.78 is 17.6. The van der Waals surface area contributed by atoms with Gasteiger partial charge in [-0.3, -0.25) is 9.48 Å². The molecule has 2 saturated carbocycles. The molecule has 2 fully saturated rings. The first-order valence-electron chi connectivity index (χ1n) is 10.8. The van der Waals surface area contributed by atoms with Gasteiger partial charge in [0.2, 0.25) is 0 Å². The van der Waals surface area contributed by atoms with E-state index in [0.717, 1.165) is 24.1 Å². The predicted octanol–water partition coefficient (Wildman–Crippen LogP) is 4.75. The fourth-order valence-corrected chi connectivity index (χ4v) is 6.57. The molecule has 0 bridgehead atoms. The average Bonchev–Trinajstić information content (AvgIpc) is 3.46. The van der Waals surface area contributed by atoms with E-state index in [4.69, 9.17) is 11.6 Å². The molecule has 0 radical (unpaired) electrons. The molecule has 33 heavy (non-hydrogen) atoms. The zero-order valence-corrected chi connectivity index (χ0v) is 20.6. The Morgan fingerprint density at radius 3 is 2.61 bits per heavy atom. The van der Waals surface area contributed by atoms with Gasteiger partial charge in [-0.25, -0.2) is 9.37 Å². The lowest BCUT2D eigenvalue weighted by Gasteiger charge is -2.24. The molecule has 2 aromatic heterocycles. The van der Waals surface area contributed by atoms with Crippen molar-refractivity contribution < 1.29 is 14.3 Å². The number of nitrogens with one attached hydrogen (secondary N) is 1. The zero-order valence-electron chi connectivity index (χ0n) is 18.2. The number of aliphatic hydroxyl groups is 1. The van der Waals surface area contributed by atoms with Crippen molar-refractivity contribution >= 4 is 39.1 Å². The van der Waals surface area contributed by atoms with E-state index in [-0.39, 0.29) is 16.8 Å². The smallest absolute Gasteiger partial charge is 0.274 e. The molecular formula is C23H24BrClFN5O2. The van der Waals surface area contributed by atoms with Crippen LogP contribution >= 0.6 is 27.5 Å². The highest BCUT2D eigenvalue weighted by Crippen LogP contribution is 2.57. The molecule has 2 aliphatic carbocycles. The van der Waals surface area contributed by atoms with Crippen LogP contribution in [0.2, 0.25) is 5.02 Å². The number of carbonyl (C=O) groups excluding carboxylic acids is 1. The maximum Gasteiger partial charge on any atom is 0.274 e. The Balaban J connectivity index is 1.33. The SMILES string of the molecule is Cn1cc(C2(O)CC3CC(c4ncn(C)c4C(=O)Nc4ccc(F)c(Cl)c4)CC3C2)c(Br)n1. The zero-order chi connectivity index (χ0) is 23.5. The number of halogens is 3. The maximum absolute atomic E-state index is 13.5. The van der Waals surface area contributed by atoms with Gasteiger partial charge < -0.3 is 15.0 Å². The summed E-state index contributed by atoms with van der Waals surface area (Å²) in [6.45, 7) is 0. The van der Waals surface area contributed by atoms with Crippen molar-refractivity contribution in [1.29, 1.82) is 0 Å². The van der Waals surface area contributed by atoms with Crippen LogP contribution in [0.4, 0.5) is 10.1 Å². The first-order chi connectivity index (χ1) is 15.6. The third-order valence-electron chi connectivity index (χ3n) is 7.07. The molecule has 0 saturated heterocycles. The summed E-state index contributed by atoms with van der Waals surface area (Å²) in [5, 5.41) is 18.4. The van der Waals surface area contributed by atoms with E-state index >= 15 is 0 Å². The van der Waals surface area contributed by atoms with Crippen LogP contribution in [-0.2, 0) is 19.7 Å². The Morgan fingerprint density at radius 1 is 1.30 bits per heavy atom. The monoisotopic (exact) mass is 535 g/mol. The summed E-state index contributed by atoms with van der Waals surface area (Å²) in [5.74, 6) is -0.00492. The van der Waals surface area contributed by atoms with Gasteiger partial charge in [0.15, 0.2) is 0 Å². The highest BCUT2D eigenvalue weighted by atomic mass is 79.9. The minimum absolute atomic E-state index is 0.0469. The standard InChI is InChI=1S/C23H24BrClFN5O2/c1-30-11-27-19(20(30)22(32)28-15-3-4-18(26)17(25)7-15)12-5-13-8-23(33,9-14(13)6-12)16-10-31(2)29-21(16)24/h3-4,7,10-14,33H,5-6,8-9H2,1-2H3,(H,28,32). The van der Waals surface area contributed by atoms with Gasteiger partial charge in [0, 0.05) is 37.5 Å². The second kappa shape index (κ2) is 8.21. The molecule has 2 heterocycles. The van der Waals surface area contributed by atoms with Crippen LogP contribution in [0.15, 0.2) is 35.3 Å². The number of fused-ring (bicyclic) bond motifs is 1. The van der Waals surface area contributed by atoms with Crippen LogP contribution in [0, 0.1) is 17.7 Å². The van der Waals surface area contributed by atoms with Crippen LogP contribution < -0.4 is 5.32 Å². The number of carbonyl (C=O) groups is 1. The lowest BCUT2D eigenvalue weighted by atomic mass is 9.89. The van der Waals surface area contributed by atoms with E-state index in [1.807, 2.05) is 13.2 Å². The predicted molar refractivity (Wildman–Crippen MR) is 126 cm³/mol. The minimum Gasteiger partial charge on any atom is -0.385 e. The third-order valence-corrected chi connectivity index (χ3v) is 7.95. The van der Waals surface area contributed by atoms with Crippen LogP contribution in [0.1, 0.15) is 53.3 Å². The molecular weight excluding hydrogens is 513 g/mol. The number of anilines is 1. The highest BCUT2D eigenvalue weighted by Gasteiger charge is 2.51. The van der Waals surface area contributed by atoms with Crippen molar-refractivity contribution in [3.05, 3.63) is 63.1 Å². The number of imidazole rings is 1.